The molecule has 1 saturated carbocycles. The average Bonchev–Trinajstić information content (AvgIpc) is 2.56. The lowest BCUT2D eigenvalue weighted by Crippen LogP contribution is -2.45. The largest absolute Gasteiger partial charge is 0.457 e. The third-order valence-corrected chi connectivity index (χ3v) is 4.81. The highest BCUT2D eigenvalue weighted by Crippen LogP contribution is 2.33. The summed E-state index contributed by atoms with van der Waals surface area (Å²) in [4.78, 5) is 2.17. The Balaban J connectivity index is 1.78. The summed E-state index contributed by atoms with van der Waals surface area (Å²) < 4.78 is 5.98. The Morgan fingerprint density at radius 3 is 2.42 bits per heavy atom. The lowest BCUT2D eigenvalue weighted by Gasteiger charge is -2.40. The fourth-order valence-electron chi connectivity index (χ4n) is 3.11. The first-order valence-corrected chi connectivity index (χ1v) is 9.41. The van der Waals surface area contributed by atoms with Gasteiger partial charge in [-0.05, 0) is 63.8 Å². The number of rotatable bonds is 7. The number of hydrogen-bond donors (Lipinski definition) is 2. The van der Waals surface area contributed by atoms with Crippen molar-refractivity contribution in [3.05, 3.63) is 54.6 Å². The van der Waals surface area contributed by atoms with E-state index in [4.69, 9.17) is 15.9 Å². The molecule has 1 fully saturated rings. The molecule has 3 rings (SSSR count). The Hall–Kier alpha value is -2.33. The summed E-state index contributed by atoms with van der Waals surface area (Å²) in [7, 11) is 0. The van der Waals surface area contributed by atoms with Gasteiger partial charge in [0.05, 0.1) is 0 Å². The number of nitrogens with one attached hydrogen (secondary N) is 1. The monoisotopic (exact) mass is 351 g/mol. The molecule has 0 heterocycles. The molecule has 26 heavy (non-hydrogen) atoms. The van der Waals surface area contributed by atoms with Crippen molar-refractivity contribution in [2.75, 3.05) is 4.90 Å². The summed E-state index contributed by atoms with van der Waals surface area (Å²) in [6.07, 6.45) is 4.99. The summed E-state index contributed by atoms with van der Waals surface area (Å²) in [5.41, 5.74) is 6.90. The molecule has 0 saturated heterocycles. The highest BCUT2D eigenvalue weighted by molar-refractivity contribution is 5.96. The SMILES string of the molecule is CC(C)(N)CCC(=N)N(c1cccc(Oc2ccccc2)c1)C1CCC1. The number of ether oxygens (including phenoxy) is 1. The standard InChI is InChI=1S/C22H29N3O/c1-22(2,24)15-14-21(23)25(17-8-6-9-17)18-10-7-13-20(16-18)26-19-11-4-3-5-12-19/h3-5,7,10-13,16-17,23H,6,8-9,14-15,24H2,1-2H3. The van der Waals surface area contributed by atoms with E-state index in [0.717, 1.165) is 36.4 Å². The fourth-order valence-corrected chi connectivity index (χ4v) is 3.11. The van der Waals surface area contributed by atoms with Crippen LogP contribution in [-0.4, -0.2) is 17.4 Å². The van der Waals surface area contributed by atoms with Crippen molar-refractivity contribution < 1.29 is 4.74 Å². The Kier molecular flexibility index (Phi) is 5.62. The van der Waals surface area contributed by atoms with Crippen LogP contribution in [0.5, 0.6) is 11.5 Å². The van der Waals surface area contributed by atoms with E-state index in [-0.39, 0.29) is 5.54 Å². The van der Waals surface area contributed by atoms with Crippen molar-refractivity contribution in [2.24, 2.45) is 5.73 Å². The molecule has 0 amide bonds. The van der Waals surface area contributed by atoms with Gasteiger partial charge in [0.1, 0.15) is 17.3 Å². The summed E-state index contributed by atoms with van der Waals surface area (Å²) in [5.74, 6) is 2.26. The smallest absolute Gasteiger partial charge is 0.129 e. The van der Waals surface area contributed by atoms with Crippen LogP contribution in [0, 0.1) is 5.41 Å². The van der Waals surface area contributed by atoms with Gasteiger partial charge in [-0.3, -0.25) is 5.41 Å². The van der Waals surface area contributed by atoms with Gasteiger partial charge in [0, 0.05) is 29.8 Å². The van der Waals surface area contributed by atoms with E-state index in [1.165, 1.54) is 6.42 Å². The summed E-state index contributed by atoms with van der Waals surface area (Å²) in [5, 5.41) is 8.65. The molecule has 0 atom stereocenters. The van der Waals surface area contributed by atoms with Crippen molar-refractivity contribution in [3.8, 4) is 11.5 Å². The molecule has 0 spiro atoms. The van der Waals surface area contributed by atoms with Crippen LogP contribution in [0.25, 0.3) is 0 Å². The first-order valence-electron chi connectivity index (χ1n) is 9.41. The molecule has 1 aliphatic carbocycles. The molecular formula is C22H29N3O. The summed E-state index contributed by atoms with van der Waals surface area (Å²) in [6.45, 7) is 4.03. The van der Waals surface area contributed by atoms with Crippen LogP contribution in [0.15, 0.2) is 54.6 Å². The van der Waals surface area contributed by atoms with E-state index in [0.29, 0.717) is 18.3 Å². The number of nitrogens with zero attached hydrogens (tertiary/aromatic N) is 1. The van der Waals surface area contributed by atoms with Crippen LogP contribution in [0.1, 0.15) is 46.0 Å². The topological polar surface area (TPSA) is 62.3 Å². The summed E-state index contributed by atoms with van der Waals surface area (Å²) >= 11 is 0. The maximum absolute atomic E-state index is 8.65. The minimum absolute atomic E-state index is 0.254. The number of anilines is 1. The van der Waals surface area contributed by atoms with Gasteiger partial charge in [0.25, 0.3) is 0 Å². The molecule has 2 aromatic carbocycles. The van der Waals surface area contributed by atoms with Gasteiger partial charge in [0.2, 0.25) is 0 Å². The Morgan fingerprint density at radius 2 is 1.81 bits per heavy atom. The molecule has 3 N–H and O–H groups in total. The molecule has 4 nitrogen and oxygen atoms in total. The van der Waals surface area contributed by atoms with Crippen LogP contribution in [0.2, 0.25) is 0 Å². The Labute approximate surface area is 156 Å². The van der Waals surface area contributed by atoms with E-state index in [2.05, 4.69) is 11.0 Å². The molecule has 2 aromatic rings. The second kappa shape index (κ2) is 7.92. The molecule has 4 heteroatoms. The van der Waals surface area contributed by atoms with E-state index >= 15 is 0 Å². The zero-order valence-electron chi connectivity index (χ0n) is 15.7. The molecule has 1 aliphatic rings. The van der Waals surface area contributed by atoms with Crippen LogP contribution in [-0.2, 0) is 0 Å². The van der Waals surface area contributed by atoms with Crippen molar-refractivity contribution in [3.63, 3.8) is 0 Å². The first kappa shape index (κ1) is 18.5. The first-order chi connectivity index (χ1) is 12.4. The van der Waals surface area contributed by atoms with Gasteiger partial charge in [-0.1, -0.05) is 24.3 Å². The van der Waals surface area contributed by atoms with Gasteiger partial charge in [-0.15, -0.1) is 0 Å². The van der Waals surface area contributed by atoms with Crippen LogP contribution in [0.3, 0.4) is 0 Å². The minimum Gasteiger partial charge on any atom is -0.457 e. The van der Waals surface area contributed by atoms with Gasteiger partial charge in [0.15, 0.2) is 0 Å². The van der Waals surface area contributed by atoms with Gasteiger partial charge < -0.3 is 15.4 Å². The number of nitrogens with two attached hydrogens (primary N) is 1. The third-order valence-electron chi connectivity index (χ3n) is 4.81. The molecule has 0 aliphatic heterocycles. The highest BCUT2D eigenvalue weighted by atomic mass is 16.5. The van der Waals surface area contributed by atoms with Gasteiger partial charge >= 0.3 is 0 Å². The van der Waals surface area contributed by atoms with Crippen molar-refractivity contribution in [1.82, 2.24) is 0 Å². The zero-order valence-corrected chi connectivity index (χ0v) is 15.7. The van der Waals surface area contributed by atoms with Crippen LogP contribution < -0.4 is 15.4 Å². The number of benzene rings is 2. The van der Waals surface area contributed by atoms with E-state index in [1.807, 2.05) is 62.4 Å². The van der Waals surface area contributed by atoms with Crippen molar-refractivity contribution in [2.45, 2.75) is 57.5 Å². The second-order valence-corrected chi connectivity index (χ2v) is 7.80. The average molecular weight is 351 g/mol. The zero-order chi connectivity index (χ0) is 18.6. The lowest BCUT2D eigenvalue weighted by molar-refractivity contribution is 0.411. The molecular weight excluding hydrogens is 322 g/mol. The number of hydrogen-bond acceptors (Lipinski definition) is 3. The Morgan fingerprint density at radius 1 is 1.12 bits per heavy atom. The summed E-state index contributed by atoms with van der Waals surface area (Å²) in [6, 6.07) is 18.3. The quantitative estimate of drug-likeness (QED) is 0.523. The predicted molar refractivity (Wildman–Crippen MR) is 108 cm³/mol. The number of amidine groups is 1. The van der Waals surface area contributed by atoms with E-state index in [1.54, 1.807) is 0 Å². The normalized spacial score (nSPS) is 14.6. The molecule has 0 radical (unpaired) electrons. The van der Waals surface area contributed by atoms with Gasteiger partial charge in [-0.25, -0.2) is 0 Å². The van der Waals surface area contributed by atoms with Crippen molar-refractivity contribution in [1.29, 1.82) is 5.41 Å². The van der Waals surface area contributed by atoms with Crippen LogP contribution >= 0.6 is 0 Å². The van der Waals surface area contributed by atoms with Crippen molar-refractivity contribution >= 4 is 11.5 Å². The maximum Gasteiger partial charge on any atom is 0.129 e. The molecule has 0 unspecified atom stereocenters. The maximum atomic E-state index is 8.65. The second-order valence-electron chi connectivity index (χ2n) is 7.80. The third kappa shape index (κ3) is 4.85. The lowest BCUT2D eigenvalue weighted by atomic mass is 9.90. The predicted octanol–water partition coefficient (Wildman–Crippen LogP) is 5.33. The fraction of sp³-hybridized carbons (Fsp3) is 0.409. The van der Waals surface area contributed by atoms with E-state index in [9.17, 15) is 0 Å². The Bertz CT molecular complexity index is 733. The molecule has 0 aromatic heterocycles. The molecule has 138 valence electrons. The van der Waals surface area contributed by atoms with Crippen LogP contribution in [0.4, 0.5) is 5.69 Å². The number of para-hydroxylation sites is 1. The highest BCUT2D eigenvalue weighted by Gasteiger charge is 2.29. The molecule has 0 bridgehead atoms. The van der Waals surface area contributed by atoms with E-state index < -0.39 is 0 Å². The van der Waals surface area contributed by atoms with Gasteiger partial charge in [-0.2, -0.15) is 0 Å². The minimum atomic E-state index is -0.254.